The van der Waals surface area contributed by atoms with Crippen molar-refractivity contribution in [2.24, 2.45) is 0 Å². The van der Waals surface area contributed by atoms with Gasteiger partial charge in [0.05, 0.1) is 28.2 Å². The van der Waals surface area contributed by atoms with Crippen LogP contribution in [-0.2, 0) is 15.3 Å². The number of nitriles is 1. The van der Waals surface area contributed by atoms with Crippen LogP contribution in [0.2, 0.25) is 10.0 Å². The summed E-state index contributed by atoms with van der Waals surface area (Å²) in [6.07, 6.45) is 1.50. The van der Waals surface area contributed by atoms with Gasteiger partial charge in [-0.2, -0.15) is 5.26 Å². The van der Waals surface area contributed by atoms with Crippen LogP contribution in [0.5, 0.6) is 0 Å². The number of hydrogen-bond donors (Lipinski definition) is 1. The van der Waals surface area contributed by atoms with Gasteiger partial charge in [-0.25, -0.2) is 4.79 Å². The molecule has 1 N–H and O–H groups in total. The minimum Gasteiger partial charge on any atom is -0.458 e. The van der Waals surface area contributed by atoms with E-state index in [4.69, 9.17) is 27.9 Å². The zero-order valence-electron chi connectivity index (χ0n) is 16.8. The third-order valence-corrected chi connectivity index (χ3v) is 6.52. The number of halogens is 2. The van der Waals surface area contributed by atoms with E-state index in [9.17, 15) is 10.1 Å². The van der Waals surface area contributed by atoms with Crippen molar-refractivity contribution >= 4 is 40.9 Å². The van der Waals surface area contributed by atoms with E-state index in [2.05, 4.69) is 18.0 Å². The molecule has 1 aliphatic rings. The molecule has 3 rings (SSSR count). The molecule has 158 valence electrons. The lowest BCUT2D eigenvalue weighted by molar-refractivity contribution is -0.138. The minimum absolute atomic E-state index is 0.0740. The van der Waals surface area contributed by atoms with Gasteiger partial charge in [0.15, 0.2) is 0 Å². The Bertz CT molecular complexity index is 1120. The van der Waals surface area contributed by atoms with Crippen molar-refractivity contribution in [1.29, 1.82) is 5.26 Å². The molecule has 0 aromatic heterocycles. The fraction of sp³-hybridized carbons (Fsp3) is 0.167. The molecule has 31 heavy (non-hydrogen) atoms. The fourth-order valence-electron chi connectivity index (χ4n) is 3.29. The van der Waals surface area contributed by atoms with Crippen LogP contribution in [0.4, 0.5) is 0 Å². The van der Waals surface area contributed by atoms with Gasteiger partial charge >= 0.3 is 5.97 Å². The number of allylic oxidation sites excluding steroid dienone is 2. The Kier molecular flexibility index (Phi) is 7.86. The standard InChI is InChI=1S/C24H20Cl2N2O2S/c1-3-12-30-24(29)21-15(2)28-23(31-14-16-8-4-6-10-19(16)25)18(13-27)22(21)17-9-5-7-11-20(17)26/h3-11,22,28H,1,12,14H2,2H3/t22-/m0/s1. The Morgan fingerprint density at radius 1 is 1.23 bits per heavy atom. The van der Waals surface area contributed by atoms with Crippen LogP contribution in [0.3, 0.4) is 0 Å². The maximum absolute atomic E-state index is 12.9. The number of dihydropyridines is 1. The number of nitrogens with zero attached hydrogens (tertiary/aromatic N) is 1. The van der Waals surface area contributed by atoms with Gasteiger partial charge in [0.25, 0.3) is 0 Å². The zero-order valence-corrected chi connectivity index (χ0v) is 19.2. The highest BCUT2D eigenvalue weighted by molar-refractivity contribution is 8.02. The molecule has 1 atom stereocenters. The second-order valence-corrected chi connectivity index (χ2v) is 8.54. The molecule has 7 heteroatoms. The number of hydrogen-bond acceptors (Lipinski definition) is 5. The van der Waals surface area contributed by atoms with Crippen molar-refractivity contribution in [3.8, 4) is 6.07 Å². The highest BCUT2D eigenvalue weighted by atomic mass is 35.5. The Hall–Kier alpha value is -2.65. The number of nitrogens with one attached hydrogen (secondary N) is 1. The molecular weight excluding hydrogens is 451 g/mol. The first-order valence-corrected chi connectivity index (χ1v) is 11.2. The van der Waals surface area contributed by atoms with E-state index in [1.165, 1.54) is 17.8 Å². The average Bonchev–Trinajstić information content (AvgIpc) is 2.76. The molecule has 0 spiro atoms. The van der Waals surface area contributed by atoms with Crippen LogP contribution in [0.25, 0.3) is 0 Å². The maximum atomic E-state index is 12.9. The van der Waals surface area contributed by atoms with Crippen molar-refractivity contribution in [3.05, 3.63) is 104 Å². The Balaban J connectivity index is 2.05. The summed E-state index contributed by atoms with van der Waals surface area (Å²) >= 11 is 14.2. The molecule has 1 aliphatic heterocycles. The largest absolute Gasteiger partial charge is 0.458 e. The van der Waals surface area contributed by atoms with Crippen molar-refractivity contribution in [3.63, 3.8) is 0 Å². The van der Waals surface area contributed by atoms with E-state index in [1.54, 1.807) is 13.0 Å². The summed E-state index contributed by atoms with van der Waals surface area (Å²) in [4.78, 5) is 12.9. The highest BCUT2D eigenvalue weighted by Crippen LogP contribution is 2.43. The van der Waals surface area contributed by atoms with E-state index in [0.29, 0.717) is 43.2 Å². The van der Waals surface area contributed by atoms with Crippen LogP contribution in [-0.4, -0.2) is 12.6 Å². The fourth-order valence-corrected chi connectivity index (χ4v) is 4.92. The molecule has 1 heterocycles. The summed E-state index contributed by atoms with van der Waals surface area (Å²) in [5.74, 6) is -0.602. The summed E-state index contributed by atoms with van der Waals surface area (Å²) in [6.45, 7) is 5.45. The summed E-state index contributed by atoms with van der Waals surface area (Å²) in [6, 6.07) is 17.0. The second kappa shape index (κ2) is 10.6. The molecule has 0 amide bonds. The van der Waals surface area contributed by atoms with Gasteiger partial charge in [0, 0.05) is 21.5 Å². The third-order valence-electron chi connectivity index (χ3n) is 4.75. The van der Waals surface area contributed by atoms with Crippen LogP contribution >= 0.6 is 35.0 Å². The number of carbonyl (C=O) groups excluding carboxylic acids is 1. The molecule has 2 aromatic rings. The number of carbonyl (C=O) groups is 1. The van der Waals surface area contributed by atoms with E-state index in [0.717, 1.165) is 5.56 Å². The molecule has 2 aromatic carbocycles. The predicted molar refractivity (Wildman–Crippen MR) is 127 cm³/mol. The number of ether oxygens (including phenoxy) is 1. The van der Waals surface area contributed by atoms with Gasteiger partial charge in [-0.05, 0) is 30.2 Å². The summed E-state index contributed by atoms with van der Waals surface area (Å²) < 4.78 is 5.31. The average molecular weight is 471 g/mol. The van der Waals surface area contributed by atoms with Gasteiger partial charge in [-0.15, -0.1) is 11.8 Å². The van der Waals surface area contributed by atoms with E-state index in [1.807, 2.05) is 42.5 Å². The van der Waals surface area contributed by atoms with Gasteiger partial charge in [-0.3, -0.25) is 0 Å². The van der Waals surface area contributed by atoms with Crippen LogP contribution < -0.4 is 5.32 Å². The smallest absolute Gasteiger partial charge is 0.337 e. The molecule has 0 saturated heterocycles. The zero-order chi connectivity index (χ0) is 22.4. The third kappa shape index (κ3) is 5.16. The monoisotopic (exact) mass is 470 g/mol. The highest BCUT2D eigenvalue weighted by Gasteiger charge is 2.36. The molecule has 0 radical (unpaired) electrons. The lowest BCUT2D eigenvalue weighted by atomic mass is 9.82. The van der Waals surface area contributed by atoms with Gasteiger partial charge in [0.1, 0.15) is 6.61 Å². The van der Waals surface area contributed by atoms with Gasteiger partial charge in [-0.1, -0.05) is 72.3 Å². The topological polar surface area (TPSA) is 62.1 Å². The lowest BCUT2D eigenvalue weighted by Gasteiger charge is -2.29. The van der Waals surface area contributed by atoms with Crippen molar-refractivity contribution in [2.45, 2.75) is 18.6 Å². The Morgan fingerprint density at radius 3 is 2.55 bits per heavy atom. The van der Waals surface area contributed by atoms with Crippen LogP contribution in [0, 0.1) is 11.3 Å². The molecule has 0 unspecified atom stereocenters. The molecular formula is C24H20Cl2N2O2S. The van der Waals surface area contributed by atoms with Gasteiger partial charge < -0.3 is 10.1 Å². The molecule has 0 saturated carbocycles. The summed E-state index contributed by atoms with van der Waals surface area (Å²) in [7, 11) is 0. The maximum Gasteiger partial charge on any atom is 0.337 e. The molecule has 0 fully saturated rings. The number of rotatable bonds is 7. The van der Waals surface area contributed by atoms with Crippen molar-refractivity contribution in [1.82, 2.24) is 5.32 Å². The quantitative estimate of drug-likeness (QED) is 0.377. The summed E-state index contributed by atoms with van der Waals surface area (Å²) in [5.41, 5.74) is 2.99. The lowest BCUT2D eigenvalue weighted by Crippen LogP contribution is -2.29. The SMILES string of the molecule is C=CCOC(=O)C1=C(C)NC(SCc2ccccc2Cl)=C(C#N)[C@@H]1c1ccccc1Cl. The van der Waals surface area contributed by atoms with E-state index >= 15 is 0 Å². The molecule has 0 aliphatic carbocycles. The molecule has 4 nitrogen and oxygen atoms in total. The van der Waals surface area contributed by atoms with Crippen LogP contribution in [0.1, 0.15) is 24.0 Å². The first-order valence-electron chi connectivity index (χ1n) is 9.48. The predicted octanol–water partition coefficient (Wildman–Crippen LogP) is 6.35. The van der Waals surface area contributed by atoms with E-state index < -0.39 is 11.9 Å². The summed E-state index contributed by atoms with van der Waals surface area (Å²) in [5, 5.41) is 15.1. The van der Waals surface area contributed by atoms with Gasteiger partial charge in [0.2, 0.25) is 0 Å². The minimum atomic E-state index is -0.647. The van der Waals surface area contributed by atoms with E-state index in [-0.39, 0.29) is 6.61 Å². The Labute approximate surface area is 196 Å². The second-order valence-electron chi connectivity index (χ2n) is 6.74. The normalized spacial score (nSPS) is 15.9. The van der Waals surface area contributed by atoms with Crippen molar-refractivity contribution in [2.75, 3.05) is 6.61 Å². The number of benzene rings is 2. The first-order chi connectivity index (χ1) is 15.0. The molecule has 0 bridgehead atoms. The Morgan fingerprint density at radius 2 is 1.90 bits per heavy atom. The number of esters is 1. The first kappa shape index (κ1) is 23.0. The van der Waals surface area contributed by atoms with Crippen molar-refractivity contribution < 1.29 is 9.53 Å². The number of thioether (sulfide) groups is 1. The van der Waals surface area contributed by atoms with Crippen LogP contribution in [0.15, 0.2) is 83.1 Å².